The third kappa shape index (κ3) is 4.62. The molecule has 3 heteroatoms. The first-order valence-electron chi connectivity index (χ1n) is 5.94. The topological polar surface area (TPSA) is 35.5 Å². The third-order valence-electron chi connectivity index (χ3n) is 2.14. The van der Waals surface area contributed by atoms with Crippen molar-refractivity contribution in [3.8, 4) is 5.75 Å². The Balaban J connectivity index is 2.71. The zero-order valence-electron chi connectivity index (χ0n) is 11.4. The summed E-state index contributed by atoms with van der Waals surface area (Å²) >= 11 is 0. The van der Waals surface area contributed by atoms with E-state index >= 15 is 0 Å². The molecular formula is C15H20O3. The summed E-state index contributed by atoms with van der Waals surface area (Å²) in [6.07, 6.45) is 1.65. The zero-order valence-corrected chi connectivity index (χ0v) is 11.4. The van der Waals surface area contributed by atoms with Crippen LogP contribution in [0.4, 0.5) is 0 Å². The molecule has 1 atom stereocenters. The van der Waals surface area contributed by atoms with Crippen molar-refractivity contribution in [2.75, 3.05) is 0 Å². The van der Waals surface area contributed by atoms with E-state index in [9.17, 15) is 4.79 Å². The highest BCUT2D eigenvalue weighted by Crippen LogP contribution is 2.17. The standard InChI is InChI=1S/C15H20O3/c1-6-11(2)17-13-9-7-12(8-10-13)14(16)18-15(3,4)5/h6-11H,1H2,2-5H3. The minimum absolute atomic E-state index is 0.0580. The molecule has 0 aliphatic carbocycles. The van der Waals surface area contributed by atoms with Gasteiger partial charge < -0.3 is 9.47 Å². The van der Waals surface area contributed by atoms with Crippen LogP contribution in [0.25, 0.3) is 0 Å². The van der Waals surface area contributed by atoms with Gasteiger partial charge in [-0.3, -0.25) is 0 Å². The Morgan fingerprint density at radius 3 is 2.28 bits per heavy atom. The maximum absolute atomic E-state index is 11.8. The molecule has 1 aromatic rings. The quantitative estimate of drug-likeness (QED) is 0.603. The Morgan fingerprint density at radius 1 is 1.28 bits per heavy atom. The van der Waals surface area contributed by atoms with Crippen LogP contribution in [0.15, 0.2) is 36.9 Å². The summed E-state index contributed by atoms with van der Waals surface area (Å²) in [5, 5.41) is 0. The Kier molecular flexibility index (Phi) is 4.54. The van der Waals surface area contributed by atoms with Crippen molar-refractivity contribution >= 4 is 5.97 Å². The van der Waals surface area contributed by atoms with E-state index in [1.165, 1.54) is 0 Å². The van der Waals surface area contributed by atoms with Gasteiger partial charge in [-0.2, -0.15) is 0 Å². The number of rotatable bonds is 4. The lowest BCUT2D eigenvalue weighted by atomic mass is 10.1. The molecule has 98 valence electrons. The molecule has 18 heavy (non-hydrogen) atoms. The fourth-order valence-electron chi connectivity index (χ4n) is 1.27. The molecule has 0 radical (unpaired) electrons. The predicted molar refractivity (Wildman–Crippen MR) is 71.9 cm³/mol. The summed E-state index contributed by atoms with van der Waals surface area (Å²) in [6, 6.07) is 6.89. The average Bonchev–Trinajstić information content (AvgIpc) is 2.27. The van der Waals surface area contributed by atoms with Gasteiger partial charge in [0.15, 0.2) is 0 Å². The van der Waals surface area contributed by atoms with E-state index in [0.717, 1.165) is 0 Å². The zero-order chi connectivity index (χ0) is 13.8. The Labute approximate surface area is 108 Å². The largest absolute Gasteiger partial charge is 0.487 e. The van der Waals surface area contributed by atoms with Crippen molar-refractivity contribution in [2.45, 2.75) is 39.4 Å². The maximum atomic E-state index is 11.8. The molecule has 0 fully saturated rings. The van der Waals surface area contributed by atoms with E-state index in [1.54, 1.807) is 30.3 Å². The van der Waals surface area contributed by atoms with Crippen LogP contribution in [-0.2, 0) is 4.74 Å². The second-order valence-electron chi connectivity index (χ2n) is 5.08. The second kappa shape index (κ2) is 5.71. The molecule has 1 rings (SSSR count). The molecule has 0 amide bonds. The third-order valence-corrected chi connectivity index (χ3v) is 2.14. The molecule has 1 unspecified atom stereocenters. The lowest BCUT2D eigenvalue weighted by Crippen LogP contribution is -2.23. The number of hydrogen-bond donors (Lipinski definition) is 0. The number of benzene rings is 1. The molecule has 0 saturated carbocycles. The first-order chi connectivity index (χ1) is 8.31. The molecule has 0 saturated heterocycles. The van der Waals surface area contributed by atoms with Crippen LogP contribution in [0.2, 0.25) is 0 Å². The highest BCUT2D eigenvalue weighted by atomic mass is 16.6. The predicted octanol–water partition coefficient (Wildman–Crippen LogP) is 3.60. The molecule has 0 heterocycles. The SMILES string of the molecule is C=CC(C)Oc1ccc(C(=O)OC(C)(C)C)cc1. The van der Waals surface area contributed by atoms with E-state index in [2.05, 4.69) is 6.58 Å². The molecule has 0 aromatic heterocycles. The van der Waals surface area contributed by atoms with Crippen LogP contribution in [0, 0.1) is 0 Å². The molecule has 0 spiro atoms. The Morgan fingerprint density at radius 2 is 1.83 bits per heavy atom. The summed E-state index contributed by atoms with van der Waals surface area (Å²) in [5.74, 6) is 0.375. The van der Waals surface area contributed by atoms with Crippen molar-refractivity contribution < 1.29 is 14.3 Å². The van der Waals surface area contributed by atoms with Crippen LogP contribution in [0.3, 0.4) is 0 Å². The second-order valence-corrected chi connectivity index (χ2v) is 5.08. The summed E-state index contributed by atoms with van der Waals surface area (Å²) in [7, 11) is 0. The van der Waals surface area contributed by atoms with E-state index in [0.29, 0.717) is 11.3 Å². The average molecular weight is 248 g/mol. The minimum Gasteiger partial charge on any atom is -0.487 e. The Hall–Kier alpha value is -1.77. The van der Waals surface area contributed by atoms with Gasteiger partial charge in [-0.15, -0.1) is 0 Å². The molecular weight excluding hydrogens is 228 g/mol. The van der Waals surface area contributed by atoms with Crippen LogP contribution < -0.4 is 4.74 Å². The van der Waals surface area contributed by atoms with E-state index < -0.39 is 5.60 Å². The molecule has 3 nitrogen and oxygen atoms in total. The van der Waals surface area contributed by atoms with Crippen molar-refractivity contribution in [2.24, 2.45) is 0 Å². The number of ether oxygens (including phenoxy) is 2. The highest BCUT2D eigenvalue weighted by molar-refractivity contribution is 5.89. The molecule has 1 aromatic carbocycles. The van der Waals surface area contributed by atoms with Gasteiger partial charge in [0, 0.05) is 0 Å². The van der Waals surface area contributed by atoms with Crippen LogP contribution in [0.1, 0.15) is 38.1 Å². The minimum atomic E-state index is -0.483. The summed E-state index contributed by atoms with van der Waals surface area (Å²) in [5.41, 5.74) is 0.0346. The van der Waals surface area contributed by atoms with E-state index in [4.69, 9.17) is 9.47 Å². The van der Waals surface area contributed by atoms with Crippen molar-refractivity contribution in [1.29, 1.82) is 0 Å². The summed E-state index contributed by atoms with van der Waals surface area (Å²) in [6.45, 7) is 11.1. The van der Waals surface area contributed by atoms with E-state index in [-0.39, 0.29) is 12.1 Å². The van der Waals surface area contributed by atoms with Gasteiger partial charge in [0.25, 0.3) is 0 Å². The van der Waals surface area contributed by atoms with Gasteiger partial charge in [0.2, 0.25) is 0 Å². The van der Waals surface area contributed by atoms with Crippen molar-refractivity contribution in [3.63, 3.8) is 0 Å². The van der Waals surface area contributed by atoms with Crippen LogP contribution >= 0.6 is 0 Å². The van der Waals surface area contributed by atoms with E-state index in [1.807, 2.05) is 27.7 Å². The summed E-state index contributed by atoms with van der Waals surface area (Å²) in [4.78, 5) is 11.8. The lowest BCUT2D eigenvalue weighted by molar-refractivity contribution is 0.00695. The highest BCUT2D eigenvalue weighted by Gasteiger charge is 2.17. The lowest BCUT2D eigenvalue weighted by Gasteiger charge is -2.19. The fourth-order valence-corrected chi connectivity index (χ4v) is 1.27. The van der Waals surface area contributed by atoms with Gasteiger partial charge in [-0.1, -0.05) is 12.7 Å². The van der Waals surface area contributed by atoms with Crippen LogP contribution in [-0.4, -0.2) is 17.7 Å². The van der Waals surface area contributed by atoms with Gasteiger partial charge in [0.1, 0.15) is 17.5 Å². The first kappa shape index (κ1) is 14.3. The van der Waals surface area contributed by atoms with Crippen molar-refractivity contribution in [3.05, 3.63) is 42.5 Å². The normalized spacial score (nSPS) is 12.7. The maximum Gasteiger partial charge on any atom is 0.338 e. The smallest absolute Gasteiger partial charge is 0.338 e. The number of esters is 1. The fraction of sp³-hybridized carbons (Fsp3) is 0.400. The number of hydrogen-bond acceptors (Lipinski definition) is 3. The summed E-state index contributed by atoms with van der Waals surface area (Å²) < 4.78 is 10.8. The number of carbonyl (C=O) groups excluding carboxylic acids is 1. The van der Waals surface area contributed by atoms with Crippen LogP contribution in [0.5, 0.6) is 5.75 Å². The molecule has 0 N–H and O–H groups in total. The Bertz CT molecular complexity index is 412. The van der Waals surface area contributed by atoms with Gasteiger partial charge in [0.05, 0.1) is 5.56 Å². The van der Waals surface area contributed by atoms with Crippen molar-refractivity contribution in [1.82, 2.24) is 0 Å². The van der Waals surface area contributed by atoms with Gasteiger partial charge >= 0.3 is 5.97 Å². The first-order valence-corrected chi connectivity index (χ1v) is 5.94. The molecule has 0 bridgehead atoms. The molecule has 0 aliphatic heterocycles. The van der Waals surface area contributed by atoms with Gasteiger partial charge in [-0.25, -0.2) is 4.79 Å². The monoisotopic (exact) mass is 248 g/mol. The number of carbonyl (C=O) groups is 1. The molecule has 0 aliphatic rings. The van der Waals surface area contributed by atoms with Gasteiger partial charge in [-0.05, 0) is 52.0 Å².